The zero-order valence-electron chi connectivity index (χ0n) is 10.1. The molecule has 1 atom stereocenters. The van der Waals surface area contributed by atoms with Crippen molar-refractivity contribution in [3.8, 4) is 0 Å². The van der Waals surface area contributed by atoms with Crippen LogP contribution in [0.25, 0.3) is 0 Å². The molecule has 1 saturated heterocycles. The Morgan fingerprint density at radius 1 is 1.59 bits per heavy atom. The third-order valence-electron chi connectivity index (χ3n) is 3.11. The Hall–Kier alpha value is -0.720. The van der Waals surface area contributed by atoms with Crippen LogP contribution in [-0.2, 0) is 20.6 Å². The lowest BCUT2D eigenvalue weighted by Gasteiger charge is -2.37. The van der Waals surface area contributed by atoms with Crippen molar-refractivity contribution in [2.45, 2.75) is 19.8 Å². The minimum absolute atomic E-state index is 0.135. The van der Waals surface area contributed by atoms with E-state index >= 15 is 0 Å². The minimum atomic E-state index is -1.82. The molecule has 6 heteroatoms. The SMILES string of the molecule is C=CC1(C(=O)OCC)CCN(CS(=O)O)CC1. The highest BCUT2D eigenvalue weighted by atomic mass is 32.2. The second kappa shape index (κ2) is 6.28. The van der Waals surface area contributed by atoms with E-state index in [9.17, 15) is 9.00 Å². The number of carbonyl (C=O) groups is 1. The summed E-state index contributed by atoms with van der Waals surface area (Å²) in [6.45, 7) is 7.07. The third kappa shape index (κ3) is 3.62. The van der Waals surface area contributed by atoms with Gasteiger partial charge >= 0.3 is 5.97 Å². The molecule has 0 spiro atoms. The number of hydrogen-bond donors (Lipinski definition) is 1. The normalized spacial score (nSPS) is 21.8. The maximum absolute atomic E-state index is 11.9. The van der Waals surface area contributed by atoms with Crippen molar-refractivity contribution < 1.29 is 18.3 Å². The number of hydrogen-bond acceptors (Lipinski definition) is 4. The van der Waals surface area contributed by atoms with Gasteiger partial charge in [0.15, 0.2) is 11.1 Å². The van der Waals surface area contributed by atoms with Gasteiger partial charge in [-0.1, -0.05) is 6.08 Å². The van der Waals surface area contributed by atoms with E-state index in [1.54, 1.807) is 13.0 Å². The van der Waals surface area contributed by atoms with E-state index in [1.807, 2.05) is 4.90 Å². The van der Waals surface area contributed by atoms with Crippen LogP contribution in [-0.4, -0.2) is 45.2 Å². The number of piperidine rings is 1. The van der Waals surface area contributed by atoms with E-state index in [0.717, 1.165) is 0 Å². The summed E-state index contributed by atoms with van der Waals surface area (Å²) in [5.74, 6) is -0.101. The second-order valence-electron chi connectivity index (χ2n) is 4.15. The van der Waals surface area contributed by atoms with Crippen LogP contribution in [0.15, 0.2) is 12.7 Å². The number of likely N-dealkylation sites (tertiary alicyclic amines) is 1. The van der Waals surface area contributed by atoms with Crippen molar-refractivity contribution in [1.29, 1.82) is 0 Å². The van der Waals surface area contributed by atoms with E-state index in [4.69, 9.17) is 9.29 Å². The summed E-state index contributed by atoms with van der Waals surface area (Å²) in [6, 6.07) is 0. The lowest BCUT2D eigenvalue weighted by atomic mass is 9.78. The largest absolute Gasteiger partial charge is 0.465 e. The Balaban J connectivity index is 2.59. The predicted octanol–water partition coefficient (Wildman–Crippen LogP) is 0.997. The summed E-state index contributed by atoms with van der Waals surface area (Å²) in [7, 11) is 0. The van der Waals surface area contributed by atoms with Crippen LogP contribution in [0, 0.1) is 5.41 Å². The van der Waals surface area contributed by atoms with Gasteiger partial charge in [0.05, 0.1) is 12.0 Å². The van der Waals surface area contributed by atoms with E-state index in [2.05, 4.69) is 6.58 Å². The first-order valence-electron chi connectivity index (χ1n) is 5.64. The lowest BCUT2D eigenvalue weighted by Crippen LogP contribution is -2.44. The summed E-state index contributed by atoms with van der Waals surface area (Å²) in [5, 5.41) is 0. The average Bonchev–Trinajstić information content (AvgIpc) is 2.30. The molecule has 1 heterocycles. The maximum atomic E-state index is 11.9. The van der Waals surface area contributed by atoms with Gasteiger partial charge in [0.25, 0.3) is 0 Å². The minimum Gasteiger partial charge on any atom is -0.465 e. The molecule has 0 radical (unpaired) electrons. The molecule has 0 saturated carbocycles. The van der Waals surface area contributed by atoms with Gasteiger partial charge in [0.1, 0.15) is 5.88 Å². The molecule has 0 aromatic carbocycles. The molecule has 0 aliphatic carbocycles. The number of ether oxygens (including phenoxy) is 1. The summed E-state index contributed by atoms with van der Waals surface area (Å²) >= 11 is -1.82. The van der Waals surface area contributed by atoms with Gasteiger partial charge in [0, 0.05) is 13.1 Å². The Kier molecular flexibility index (Phi) is 5.30. The quantitative estimate of drug-likeness (QED) is 0.454. The Morgan fingerprint density at radius 2 is 2.18 bits per heavy atom. The van der Waals surface area contributed by atoms with E-state index in [-0.39, 0.29) is 11.8 Å². The molecular weight excluding hydrogens is 242 g/mol. The molecule has 1 rings (SSSR count). The maximum Gasteiger partial charge on any atom is 0.316 e. The molecule has 1 N–H and O–H groups in total. The first kappa shape index (κ1) is 14.3. The topological polar surface area (TPSA) is 66.8 Å². The molecule has 1 unspecified atom stereocenters. The highest BCUT2D eigenvalue weighted by Gasteiger charge is 2.40. The molecule has 0 aromatic heterocycles. The second-order valence-corrected chi connectivity index (χ2v) is 5.05. The highest BCUT2D eigenvalue weighted by Crippen LogP contribution is 2.34. The molecule has 17 heavy (non-hydrogen) atoms. The van der Waals surface area contributed by atoms with Gasteiger partial charge in [-0.05, 0) is 19.8 Å². The molecule has 98 valence electrons. The standard InChI is InChI=1S/C11H19NO4S/c1-3-11(10(13)16-4-2)5-7-12(8-6-11)9-17(14)15/h3H,1,4-9H2,2H3,(H,14,15). The van der Waals surface area contributed by atoms with E-state index < -0.39 is 16.5 Å². The number of carbonyl (C=O) groups excluding carboxylic acids is 1. The fourth-order valence-corrected chi connectivity index (χ4v) is 2.57. The molecule has 1 aliphatic rings. The average molecular weight is 261 g/mol. The van der Waals surface area contributed by atoms with Gasteiger partial charge in [0.2, 0.25) is 0 Å². The Morgan fingerprint density at radius 3 is 2.59 bits per heavy atom. The lowest BCUT2D eigenvalue weighted by molar-refractivity contribution is -0.154. The van der Waals surface area contributed by atoms with Crippen molar-refractivity contribution in [2.24, 2.45) is 5.41 Å². The number of esters is 1. The van der Waals surface area contributed by atoms with Crippen molar-refractivity contribution in [3.05, 3.63) is 12.7 Å². The van der Waals surface area contributed by atoms with Crippen LogP contribution >= 0.6 is 0 Å². The van der Waals surface area contributed by atoms with Gasteiger partial charge in [-0.15, -0.1) is 6.58 Å². The van der Waals surface area contributed by atoms with Gasteiger partial charge < -0.3 is 9.29 Å². The molecule has 5 nitrogen and oxygen atoms in total. The van der Waals surface area contributed by atoms with Crippen LogP contribution in [0.2, 0.25) is 0 Å². The van der Waals surface area contributed by atoms with E-state index in [0.29, 0.717) is 32.5 Å². The summed E-state index contributed by atoms with van der Waals surface area (Å²) in [5.41, 5.74) is -0.622. The Bertz CT molecular complexity index is 311. The first-order valence-corrected chi connectivity index (χ1v) is 6.92. The third-order valence-corrected chi connectivity index (χ3v) is 3.70. The fourth-order valence-electron chi connectivity index (χ4n) is 2.00. The number of rotatable bonds is 5. The summed E-state index contributed by atoms with van der Waals surface area (Å²) in [6.07, 6.45) is 2.83. The summed E-state index contributed by atoms with van der Waals surface area (Å²) in [4.78, 5) is 13.7. The Labute approximate surface area is 104 Å². The molecule has 1 aliphatic heterocycles. The van der Waals surface area contributed by atoms with Gasteiger partial charge in [-0.25, -0.2) is 4.21 Å². The van der Waals surface area contributed by atoms with Crippen molar-refractivity contribution in [3.63, 3.8) is 0 Å². The molecule has 0 bridgehead atoms. The van der Waals surface area contributed by atoms with Crippen LogP contribution in [0.5, 0.6) is 0 Å². The van der Waals surface area contributed by atoms with E-state index in [1.165, 1.54) is 0 Å². The summed E-state index contributed by atoms with van der Waals surface area (Å²) < 4.78 is 24.6. The molecular formula is C11H19NO4S. The first-order chi connectivity index (χ1) is 8.04. The van der Waals surface area contributed by atoms with Crippen LogP contribution in [0.3, 0.4) is 0 Å². The van der Waals surface area contributed by atoms with Gasteiger partial charge in [-0.3, -0.25) is 9.69 Å². The number of nitrogens with zero attached hydrogens (tertiary/aromatic N) is 1. The van der Waals surface area contributed by atoms with Crippen molar-refractivity contribution >= 4 is 17.0 Å². The molecule has 0 aromatic rings. The predicted molar refractivity (Wildman–Crippen MR) is 65.7 cm³/mol. The zero-order valence-corrected chi connectivity index (χ0v) is 10.9. The van der Waals surface area contributed by atoms with Crippen LogP contribution in [0.1, 0.15) is 19.8 Å². The van der Waals surface area contributed by atoms with Crippen molar-refractivity contribution in [2.75, 3.05) is 25.6 Å². The van der Waals surface area contributed by atoms with Crippen LogP contribution in [0.4, 0.5) is 0 Å². The molecule has 0 amide bonds. The molecule has 1 fully saturated rings. The monoisotopic (exact) mass is 261 g/mol. The van der Waals surface area contributed by atoms with Crippen LogP contribution < -0.4 is 0 Å². The highest BCUT2D eigenvalue weighted by molar-refractivity contribution is 7.79. The van der Waals surface area contributed by atoms with Crippen molar-refractivity contribution in [1.82, 2.24) is 4.90 Å². The van der Waals surface area contributed by atoms with Gasteiger partial charge in [-0.2, -0.15) is 0 Å². The smallest absolute Gasteiger partial charge is 0.316 e. The fraction of sp³-hybridized carbons (Fsp3) is 0.727. The zero-order chi connectivity index (χ0) is 12.9.